The molecule has 0 bridgehead atoms. The fourth-order valence-electron chi connectivity index (χ4n) is 0.918. The van der Waals surface area contributed by atoms with E-state index in [1.807, 2.05) is 0 Å². The molecule has 0 heterocycles. The lowest BCUT2D eigenvalue weighted by atomic mass is 10.2. The topological polar surface area (TPSA) is 46.2 Å². The highest BCUT2D eigenvalue weighted by Gasteiger charge is 2.07. The van der Waals surface area contributed by atoms with Crippen LogP contribution in [-0.2, 0) is 10.0 Å². The summed E-state index contributed by atoms with van der Waals surface area (Å²) in [7, 11) is -3.29. The molecule has 0 aliphatic carbocycles. The van der Waals surface area contributed by atoms with Crippen molar-refractivity contribution >= 4 is 38.9 Å². The minimum atomic E-state index is -3.29. The largest absolute Gasteiger partial charge is 0.284 e. The maximum Gasteiger partial charge on any atom is 0.229 e. The zero-order valence-corrected chi connectivity index (χ0v) is 9.96. The van der Waals surface area contributed by atoms with Crippen LogP contribution in [0.3, 0.4) is 0 Å². The molecule has 0 aromatic heterocycles. The first-order valence-corrected chi connectivity index (χ1v) is 6.38. The third-order valence-corrected chi connectivity index (χ3v) is 2.98. The Morgan fingerprint density at radius 1 is 1.21 bits per heavy atom. The van der Waals surface area contributed by atoms with Crippen LogP contribution < -0.4 is 4.72 Å². The average Bonchev–Trinajstić information content (AvgIpc) is 1.96. The van der Waals surface area contributed by atoms with E-state index in [1.54, 1.807) is 6.92 Å². The van der Waals surface area contributed by atoms with E-state index in [0.29, 0.717) is 15.7 Å². The Bertz CT molecular complexity index is 433. The molecule has 0 unspecified atom stereocenters. The zero-order chi connectivity index (χ0) is 10.9. The lowest BCUT2D eigenvalue weighted by Gasteiger charge is -2.07. The van der Waals surface area contributed by atoms with Crippen LogP contribution in [0.2, 0.25) is 10.0 Å². The van der Waals surface area contributed by atoms with Gasteiger partial charge < -0.3 is 0 Å². The Hall–Kier alpha value is -0.450. The van der Waals surface area contributed by atoms with Gasteiger partial charge in [0.25, 0.3) is 0 Å². The second-order valence-electron chi connectivity index (χ2n) is 2.94. The average molecular weight is 254 g/mol. The van der Waals surface area contributed by atoms with Gasteiger partial charge in [-0.1, -0.05) is 23.2 Å². The number of hydrogen-bond donors (Lipinski definition) is 1. The Morgan fingerprint density at radius 3 is 2.00 bits per heavy atom. The highest BCUT2D eigenvalue weighted by Crippen LogP contribution is 2.28. The minimum absolute atomic E-state index is 0.369. The molecular weight excluding hydrogens is 245 g/mol. The third-order valence-electron chi connectivity index (χ3n) is 1.58. The van der Waals surface area contributed by atoms with Gasteiger partial charge in [0, 0.05) is 10.0 Å². The van der Waals surface area contributed by atoms with Crippen LogP contribution >= 0.6 is 23.2 Å². The standard InChI is InChI=1S/C8H9Cl2NO2S/c1-5-7(9)3-6(4-8(5)10)11-14(2,12)13/h3-4,11H,1-2H3. The highest BCUT2D eigenvalue weighted by molar-refractivity contribution is 7.92. The normalized spacial score (nSPS) is 11.4. The second-order valence-corrected chi connectivity index (χ2v) is 5.50. The van der Waals surface area contributed by atoms with E-state index in [4.69, 9.17) is 23.2 Å². The van der Waals surface area contributed by atoms with Crippen LogP contribution in [0, 0.1) is 6.92 Å². The number of halogens is 2. The Balaban J connectivity index is 3.14. The number of nitrogens with one attached hydrogen (secondary N) is 1. The molecule has 1 aromatic rings. The third kappa shape index (κ3) is 3.04. The Labute approximate surface area is 93.1 Å². The highest BCUT2D eigenvalue weighted by atomic mass is 35.5. The predicted octanol–water partition coefficient (Wildman–Crippen LogP) is 2.67. The number of sulfonamides is 1. The first-order chi connectivity index (χ1) is 6.29. The van der Waals surface area contributed by atoms with Crippen LogP contribution in [0.4, 0.5) is 5.69 Å². The summed E-state index contributed by atoms with van der Waals surface area (Å²) >= 11 is 11.7. The number of rotatable bonds is 2. The molecular formula is C8H9Cl2NO2S. The molecule has 0 atom stereocenters. The molecule has 6 heteroatoms. The van der Waals surface area contributed by atoms with E-state index >= 15 is 0 Å². The summed E-state index contributed by atoms with van der Waals surface area (Å²) in [5, 5.41) is 0.868. The quantitative estimate of drug-likeness (QED) is 0.881. The van der Waals surface area contributed by atoms with E-state index in [1.165, 1.54) is 12.1 Å². The molecule has 0 aliphatic rings. The zero-order valence-electron chi connectivity index (χ0n) is 7.64. The molecule has 78 valence electrons. The van der Waals surface area contributed by atoms with Crippen molar-refractivity contribution < 1.29 is 8.42 Å². The van der Waals surface area contributed by atoms with E-state index in [-0.39, 0.29) is 0 Å². The fraction of sp³-hybridized carbons (Fsp3) is 0.250. The maximum atomic E-state index is 10.9. The van der Waals surface area contributed by atoms with E-state index < -0.39 is 10.0 Å². The van der Waals surface area contributed by atoms with Crippen molar-refractivity contribution in [1.82, 2.24) is 0 Å². The smallest absolute Gasteiger partial charge is 0.229 e. The van der Waals surface area contributed by atoms with Gasteiger partial charge in [0.15, 0.2) is 0 Å². The number of hydrogen-bond acceptors (Lipinski definition) is 2. The van der Waals surface area contributed by atoms with E-state index in [0.717, 1.165) is 11.8 Å². The van der Waals surface area contributed by atoms with Crippen molar-refractivity contribution in [2.24, 2.45) is 0 Å². The Morgan fingerprint density at radius 2 is 1.64 bits per heavy atom. The summed E-state index contributed by atoms with van der Waals surface area (Å²) in [6, 6.07) is 3.04. The van der Waals surface area contributed by atoms with Crippen molar-refractivity contribution in [3.8, 4) is 0 Å². The molecule has 1 N–H and O–H groups in total. The minimum Gasteiger partial charge on any atom is -0.284 e. The summed E-state index contributed by atoms with van der Waals surface area (Å²) in [6.45, 7) is 1.76. The summed E-state index contributed by atoms with van der Waals surface area (Å²) in [5.74, 6) is 0. The summed E-state index contributed by atoms with van der Waals surface area (Å²) < 4.78 is 24.1. The van der Waals surface area contributed by atoms with Crippen molar-refractivity contribution in [3.05, 3.63) is 27.7 Å². The van der Waals surface area contributed by atoms with Gasteiger partial charge in [-0.05, 0) is 24.6 Å². The van der Waals surface area contributed by atoms with Crippen LogP contribution in [0.25, 0.3) is 0 Å². The predicted molar refractivity (Wildman–Crippen MR) is 59.7 cm³/mol. The van der Waals surface area contributed by atoms with Gasteiger partial charge in [0.2, 0.25) is 10.0 Å². The SMILES string of the molecule is Cc1c(Cl)cc(NS(C)(=O)=O)cc1Cl. The first-order valence-electron chi connectivity index (χ1n) is 3.73. The number of anilines is 1. The van der Waals surface area contributed by atoms with Crippen LogP contribution in [-0.4, -0.2) is 14.7 Å². The summed E-state index contributed by atoms with van der Waals surface area (Å²) in [6.07, 6.45) is 1.06. The summed E-state index contributed by atoms with van der Waals surface area (Å²) in [4.78, 5) is 0. The van der Waals surface area contributed by atoms with E-state index in [2.05, 4.69) is 4.72 Å². The molecule has 3 nitrogen and oxygen atoms in total. The maximum absolute atomic E-state index is 10.9. The lowest BCUT2D eigenvalue weighted by molar-refractivity contribution is 0.607. The van der Waals surface area contributed by atoms with Gasteiger partial charge in [-0.3, -0.25) is 4.72 Å². The molecule has 0 saturated heterocycles. The van der Waals surface area contributed by atoms with Crippen LogP contribution in [0.1, 0.15) is 5.56 Å². The molecule has 1 aromatic carbocycles. The van der Waals surface area contributed by atoms with Crippen LogP contribution in [0.15, 0.2) is 12.1 Å². The van der Waals surface area contributed by atoms with Gasteiger partial charge in [-0.2, -0.15) is 0 Å². The second kappa shape index (κ2) is 3.96. The molecule has 0 fully saturated rings. The van der Waals surface area contributed by atoms with Crippen molar-refractivity contribution in [2.45, 2.75) is 6.92 Å². The summed E-state index contributed by atoms with van der Waals surface area (Å²) in [5.41, 5.74) is 1.10. The van der Waals surface area contributed by atoms with Gasteiger partial charge in [-0.15, -0.1) is 0 Å². The number of benzene rings is 1. The van der Waals surface area contributed by atoms with Gasteiger partial charge in [0.05, 0.1) is 11.9 Å². The molecule has 0 aliphatic heterocycles. The lowest BCUT2D eigenvalue weighted by Crippen LogP contribution is -2.09. The van der Waals surface area contributed by atoms with Gasteiger partial charge in [-0.25, -0.2) is 8.42 Å². The monoisotopic (exact) mass is 253 g/mol. The molecule has 0 saturated carbocycles. The van der Waals surface area contributed by atoms with Crippen molar-refractivity contribution in [3.63, 3.8) is 0 Å². The van der Waals surface area contributed by atoms with Crippen molar-refractivity contribution in [2.75, 3.05) is 11.0 Å². The van der Waals surface area contributed by atoms with Gasteiger partial charge >= 0.3 is 0 Å². The van der Waals surface area contributed by atoms with Crippen molar-refractivity contribution in [1.29, 1.82) is 0 Å². The fourth-order valence-corrected chi connectivity index (χ4v) is 1.95. The molecule has 0 spiro atoms. The molecule has 0 amide bonds. The molecule has 14 heavy (non-hydrogen) atoms. The Kier molecular flexibility index (Phi) is 3.29. The first kappa shape index (κ1) is 11.6. The van der Waals surface area contributed by atoms with E-state index in [9.17, 15) is 8.42 Å². The molecule has 1 rings (SSSR count). The van der Waals surface area contributed by atoms with Gasteiger partial charge in [0.1, 0.15) is 0 Å². The van der Waals surface area contributed by atoms with Crippen LogP contribution in [0.5, 0.6) is 0 Å². The molecule has 0 radical (unpaired) electrons.